The molecule has 0 saturated heterocycles. The SMILES string of the molecule is CNC1C(=O)Nc2cc(Oc3ccccc3)ccc21. The van der Waals surface area contributed by atoms with Gasteiger partial charge in [-0.3, -0.25) is 4.79 Å². The van der Waals surface area contributed by atoms with Crippen molar-refractivity contribution >= 4 is 11.6 Å². The van der Waals surface area contributed by atoms with Gasteiger partial charge in [0.05, 0.1) is 0 Å². The largest absolute Gasteiger partial charge is 0.457 e. The van der Waals surface area contributed by atoms with Crippen LogP contribution in [0.5, 0.6) is 11.5 Å². The molecule has 96 valence electrons. The standard InChI is InChI=1S/C15H14N2O2/c1-16-14-12-8-7-11(9-13(12)17-15(14)18)19-10-5-3-2-4-6-10/h2-9,14,16H,1H3,(H,17,18). The van der Waals surface area contributed by atoms with E-state index in [1.54, 1.807) is 7.05 Å². The van der Waals surface area contributed by atoms with Crippen LogP contribution in [0.1, 0.15) is 11.6 Å². The summed E-state index contributed by atoms with van der Waals surface area (Å²) >= 11 is 0. The molecule has 4 heteroatoms. The molecule has 4 nitrogen and oxygen atoms in total. The van der Waals surface area contributed by atoms with Crippen LogP contribution in [0.2, 0.25) is 0 Å². The molecule has 2 N–H and O–H groups in total. The zero-order chi connectivity index (χ0) is 13.2. The molecule has 1 atom stereocenters. The number of likely N-dealkylation sites (N-methyl/N-ethyl adjacent to an activating group) is 1. The molecule has 3 rings (SSSR count). The van der Waals surface area contributed by atoms with Crippen LogP contribution >= 0.6 is 0 Å². The predicted octanol–water partition coefficient (Wildman–Crippen LogP) is 2.69. The molecule has 1 unspecified atom stereocenters. The van der Waals surface area contributed by atoms with Gasteiger partial charge in [0.15, 0.2) is 0 Å². The van der Waals surface area contributed by atoms with Crippen molar-refractivity contribution in [3.05, 3.63) is 54.1 Å². The molecule has 2 aromatic rings. The van der Waals surface area contributed by atoms with Crippen LogP contribution in [0.25, 0.3) is 0 Å². The topological polar surface area (TPSA) is 50.4 Å². The third-order valence-electron chi connectivity index (χ3n) is 3.12. The Morgan fingerprint density at radius 3 is 2.63 bits per heavy atom. The first-order valence-corrected chi connectivity index (χ1v) is 6.13. The van der Waals surface area contributed by atoms with Gasteiger partial charge < -0.3 is 15.4 Å². The minimum Gasteiger partial charge on any atom is -0.457 e. The van der Waals surface area contributed by atoms with Gasteiger partial charge in [0.25, 0.3) is 0 Å². The van der Waals surface area contributed by atoms with Crippen LogP contribution in [0.15, 0.2) is 48.5 Å². The Balaban J connectivity index is 1.87. The highest BCUT2D eigenvalue weighted by molar-refractivity contribution is 6.02. The van der Waals surface area contributed by atoms with Crippen molar-refractivity contribution in [2.24, 2.45) is 0 Å². The smallest absolute Gasteiger partial charge is 0.246 e. The average molecular weight is 254 g/mol. The Morgan fingerprint density at radius 1 is 1.11 bits per heavy atom. The zero-order valence-corrected chi connectivity index (χ0v) is 10.5. The fourth-order valence-corrected chi connectivity index (χ4v) is 2.22. The first kappa shape index (κ1) is 11.7. The Morgan fingerprint density at radius 2 is 1.89 bits per heavy atom. The molecule has 1 aliphatic heterocycles. The third kappa shape index (κ3) is 2.18. The Kier molecular flexibility index (Phi) is 2.93. The number of rotatable bonds is 3. The quantitative estimate of drug-likeness (QED) is 0.885. The molecule has 1 heterocycles. The number of benzene rings is 2. The van der Waals surface area contributed by atoms with Crippen LogP contribution in [0, 0.1) is 0 Å². The Bertz CT molecular complexity index is 611. The predicted molar refractivity (Wildman–Crippen MR) is 73.4 cm³/mol. The van der Waals surface area contributed by atoms with Crippen molar-refractivity contribution in [3.8, 4) is 11.5 Å². The molecule has 0 bridgehead atoms. The van der Waals surface area contributed by atoms with Crippen LogP contribution < -0.4 is 15.4 Å². The number of anilines is 1. The van der Waals surface area contributed by atoms with E-state index in [1.807, 2.05) is 48.5 Å². The van der Waals surface area contributed by atoms with Gasteiger partial charge in [-0.15, -0.1) is 0 Å². The summed E-state index contributed by atoms with van der Waals surface area (Å²) in [5, 5.41) is 5.83. The second kappa shape index (κ2) is 4.74. The molecule has 0 radical (unpaired) electrons. The van der Waals surface area contributed by atoms with Crippen LogP contribution in [-0.4, -0.2) is 13.0 Å². The molecular formula is C15H14N2O2. The van der Waals surface area contributed by atoms with Crippen molar-refractivity contribution in [2.45, 2.75) is 6.04 Å². The average Bonchev–Trinajstić information content (AvgIpc) is 2.74. The molecule has 0 spiro atoms. The lowest BCUT2D eigenvalue weighted by Gasteiger charge is -2.09. The number of para-hydroxylation sites is 1. The molecule has 0 aromatic heterocycles. The summed E-state index contributed by atoms with van der Waals surface area (Å²) in [5.41, 5.74) is 1.76. The zero-order valence-electron chi connectivity index (χ0n) is 10.5. The monoisotopic (exact) mass is 254 g/mol. The molecule has 1 amide bonds. The maximum absolute atomic E-state index is 11.7. The summed E-state index contributed by atoms with van der Waals surface area (Å²) in [6, 6.07) is 14.9. The van der Waals surface area contributed by atoms with E-state index in [0.717, 1.165) is 17.0 Å². The number of hydrogen-bond donors (Lipinski definition) is 2. The normalized spacial score (nSPS) is 16.9. The van der Waals surface area contributed by atoms with E-state index < -0.39 is 0 Å². The Hall–Kier alpha value is -2.33. The number of ether oxygens (including phenoxy) is 1. The van der Waals surface area contributed by atoms with Crippen LogP contribution in [0.4, 0.5) is 5.69 Å². The van der Waals surface area contributed by atoms with E-state index in [2.05, 4.69) is 10.6 Å². The van der Waals surface area contributed by atoms with Crippen molar-refractivity contribution in [3.63, 3.8) is 0 Å². The number of carbonyl (C=O) groups excluding carboxylic acids is 1. The molecule has 0 aliphatic carbocycles. The van der Waals surface area contributed by atoms with Gasteiger partial charge >= 0.3 is 0 Å². The van der Waals surface area contributed by atoms with Crippen LogP contribution in [0.3, 0.4) is 0 Å². The number of fused-ring (bicyclic) bond motifs is 1. The first-order valence-electron chi connectivity index (χ1n) is 6.13. The second-order valence-corrected chi connectivity index (χ2v) is 4.38. The summed E-state index contributed by atoms with van der Waals surface area (Å²) in [4.78, 5) is 11.7. The van der Waals surface area contributed by atoms with Gasteiger partial charge in [-0.05, 0) is 25.2 Å². The van der Waals surface area contributed by atoms with E-state index in [-0.39, 0.29) is 11.9 Å². The minimum atomic E-state index is -0.277. The fourth-order valence-electron chi connectivity index (χ4n) is 2.22. The van der Waals surface area contributed by atoms with Gasteiger partial charge in [0, 0.05) is 17.3 Å². The van der Waals surface area contributed by atoms with Gasteiger partial charge in [0.1, 0.15) is 17.5 Å². The molecule has 0 fully saturated rings. The minimum absolute atomic E-state index is 0.0330. The fraction of sp³-hybridized carbons (Fsp3) is 0.133. The van der Waals surface area contributed by atoms with E-state index >= 15 is 0 Å². The summed E-state index contributed by atoms with van der Waals surface area (Å²) in [7, 11) is 1.77. The maximum Gasteiger partial charge on any atom is 0.246 e. The van der Waals surface area contributed by atoms with Crippen molar-refractivity contribution in [1.29, 1.82) is 0 Å². The Labute approximate surface area is 111 Å². The summed E-state index contributed by atoms with van der Waals surface area (Å²) in [6.07, 6.45) is 0. The van der Waals surface area contributed by atoms with Crippen LogP contribution in [-0.2, 0) is 4.79 Å². The van der Waals surface area contributed by atoms with Crippen molar-refractivity contribution < 1.29 is 9.53 Å². The number of carbonyl (C=O) groups is 1. The van der Waals surface area contributed by atoms with Crippen molar-refractivity contribution in [2.75, 3.05) is 12.4 Å². The van der Waals surface area contributed by atoms with Gasteiger partial charge in [0.2, 0.25) is 5.91 Å². The van der Waals surface area contributed by atoms with Gasteiger partial charge in [-0.25, -0.2) is 0 Å². The summed E-state index contributed by atoms with van der Waals surface area (Å²) in [6.45, 7) is 0. The first-order chi connectivity index (χ1) is 9.28. The molecular weight excluding hydrogens is 240 g/mol. The highest BCUT2D eigenvalue weighted by Crippen LogP contribution is 2.34. The lowest BCUT2D eigenvalue weighted by molar-refractivity contribution is -0.117. The number of nitrogens with one attached hydrogen (secondary N) is 2. The lowest BCUT2D eigenvalue weighted by Crippen LogP contribution is -2.23. The number of hydrogen-bond acceptors (Lipinski definition) is 3. The van der Waals surface area contributed by atoms with E-state index in [1.165, 1.54) is 0 Å². The van der Waals surface area contributed by atoms with E-state index in [4.69, 9.17) is 4.74 Å². The maximum atomic E-state index is 11.7. The third-order valence-corrected chi connectivity index (χ3v) is 3.12. The molecule has 1 aliphatic rings. The highest BCUT2D eigenvalue weighted by Gasteiger charge is 2.29. The molecule has 0 saturated carbocycles. The highest BCUT2D eigenvalue weighted by atomic mass is 16.5. The van der Waals surface area contributed by atoms with E-state index in [0.29, 0.717) is 5.75 Å². The van der Waals surface area contributed by atoms with Crippen molar-refractivity contribution in [1.82, 2.24) is 5.32 Å². The lowest BCUT2D eigenvalue weighted by atomic mass is 10.1. The number of amides is 1. The second-order valence-electron chi connectivity index (χ2n) is 4.38. The molecule has 19 heavy (non-hydrogen) atoms. The summed E-state index contributed by atoms with van der Waals surface area (Å²) < 4.78 is 5.74. The van der Waals surface area contributed by atoms with Gasteiger partial charge in [-0.2, -0.15) is 0 Å². The van der Waals surface area contributed by atoms with Gasteiger partial charge in [-0.1, -0.05) is 24.3 Å². The van der Waals surface area contributed by atoms with E-state index in [9.17, 15) is 4.79 Å². The molecule has 2 aromatic carbocycles. The summed E-state index contributed by atoms with van der Waals surface area (Å²) in [5.74, 6) is 1.45.